The van der Waals surface area contributed by atoms with Crippen LogP contribution in [0.25, 0.3) is 11.3 Å². The molecular formula is C16H16N4O3S. The number of thiocarbonyl (C=S) groups is 1. The Morgan fingerprint density at radius 2 is 2.25 bits per heavy atom. The van der Waals surface area contributed by atoms with Gasteiger partial charge in [0.05, 0.1) is 11.1 Å². The lowest BCUT2D eigenvalue weighted by Gasteiger charge is -2.03. The summed E-state index contributed by atoms with van der Waals surface area (Å²) in [7, 11) is 0. The summed E-state index contributed by atoms with van der Waals surface area (Å²) in [5.41, 5.74) is 4.25. The largest absolute Gasteiger partial charge is 0.455 e. The SMILES string of the molecule is C=CCNC(=S)N/N=C/c1ccc(-c2ccc([N+](=O)[O-])cc2C)o1. The minimum Gasteiger partial charge on any atom is -0.455 e. The Hall–Kier alpha value is -3.00. The molecule has 0 atom stereocenters. The number of nitrogens with one attached hydrogen (secondary N) is 2. The minimum absolute atomic E-state index is 0.0503. The summed E-state index contributed by atoms with van der Waals surface area (Å²) in [5.74, 6) is 1.14. The molecule has 0 aliphatic rings. The molecule has 0 amide bonds. The van der Waals surface area contributed by atoms with Crippen molar-refractivity contribution in [2.45, 2.75) is 6.92 Å². The van der Waals surface area contributed by atoms with E-state index in [0.717, 1.165) is 11.1 Å². The normalized spacial score (nSPS) is 10.5. The Labute approximate surface area is 144 Å². The molecular weight excluding hydrogens is 328 g/mol. The van der Waals surface area contributed by atoms with Gasteiger partial charge in [0.25, 0.3) is 5.69 Å². The molecule has 0 fully saturated rings. The Morgan fingerprint density at radius 3 is 2.92 bits per heavy atom. The van der Waals surface area contributed by atoms with Crippen LogP contribution < -0.4 is 10.7 Å². The zero-order chi connectivity index (χ0) is 17.5. The first-order valence-corrected chi connectivity index (χ1v) is 7.45. The van der Waals surface area contributed by atoms with Crippen LogP contribution in [0.1, 0.15) is 11.3 Å². The molecule has 24 heavy (non-hydrogen) atoms. The Kier molecular flexibility index (Phi) is 5.80. The second kappa shape index (κ2) is 8.02. The summed E-state index contributed by atoms with van der Waals surface area (Å²) in [6.45, 7) is 5.92. The number of nitrogens with zero attached hydrogens (tertiary/aromatic N) is 2. The van der Waals surface area contributed by atoms with Crippen molar-refractivity contribution in [3.8, 4) is 11.3 Å². The average Bonchev–Trinajstić information content (AvgIpc) is 3.01. The summed E-state index contributed by atoms with van der Waals surface area (Å²) < 4.78 is 5.67. The molecule has 124 valence electrons. The second-order valence-corrected chi connectivity index (χ2v) is 5.24. The van der Waals surface area contributed by atoms with E-state index >= 15 is 0 Å². The number of non-ortho nitro benzene ring substituents is 1. The number of benzene rings is 1. The standard InChI is InChI=1S/C16H16N4O3S/c1-3-8-17-16(24)19-18-10-13-5-7-15(23-13)14-6-4-12(20(21)22)9-11(14)2/h3-7,9-10H,1,8H2,2H3,(H2,17,19,24)/b18-10+. The van der Waals surface area contributed by atoms with Gasteiger partial charge < -0.3 is 9.73 Å². The molecule has 0 unspecified atom stereocenters. The highest BCUT2D eigenvalue weighted by atomic mass is 32.1. The van der Waals surface area contributed by atoms with E-state index in [1.807, 2.05) is 0 Å². The molecule has 2 rings (SSSR count). The van der Waals surface area contributed by atoms with Crippen LogP contribution in [-0.4, -0.2) is 22.8 Å². The summed E-state index contributed by atoms with van der Waals surface area (Å²) in [6.07, 6.45) is 3.18. The highest BCUT2D eigenvalue weighted by Gasteiger charge is 2.11. The van der Waals surface area contributed by atoms with Gasteiger partial charge in [0.2, 0.25) is 0 Å². The number of nitro groups is 1. The maximum absolute atomic E-state index is 10.8. The predicted molar refractivity (Wildman–Crippen MR) is 97.1 cm³/mol. The fourth-order valence-electron chi connectivity index (χ4n) is 1.96. The van der Waals surface area contributed by atoms with Gasteiger partial charge in [-0.1, -0.05) is 6.08 Å². The number of hydrogen-bond donors (Lipinski definition) is 2. The van der Waals surface area contributed by atoms with E-state index in [2.05, 4.69) is 22.4 Å². The van der Waals surface area contributed by atoms with Crippen molar-refractivity contribution in [1.29, 1.82) is 0 Å². The smallest absolute Gasteiger partial charge is 0.269 e. The van der Waals surface area contributed by atoms with Gasteiger partial charge in [-0.3, -0.25) is 15.5 Å². The third-order valence-corrected chi connectivity index (χ3v) is 3.31. The first-order valence-electron chi connectivity index (χ1n) is 7.04. The molecule has 1 aromatic heterocycles. The van der Waals surface area contributed by atoms with Crippen LogP contribution in [0.3, 0.4) is 0 Å². The lowest BCUT2D eigenvalue weighted by molar-refractivity contribution is -0.384. The molecule has 0 saturated carbocycles. The number of rotatable bonds is 6. The van der Waals surface area contributed by atoms with Crippen LogP contribution in [0, 0.1) is 17.0 Å². The van der Waals surface area contributed by atoms with Crippen LogP contribution in [0.15, 0.2) is 52.5 Å². The van der Waals surface area contributed by atoms with Crippen molar-refractivity contribution in [3.63, 3.8) is 0 Å². The van der Waals surface area contributed by atoms with E-state index in [-0.39, 0.29) is 5.69 Å². The first-order chi connectivity index (χ1) is 11.5. The van der Waals surface area contributed by atoms with Gasteiger partial charge in [-0.05, 0) is 42.9 Å². The summed E-state index contributed by atoms with van der Waals surface area (Å²) >= 11 is 5.00. The Morgan fingerprint density at radius 1 is 1.46 bits per heavy atom. The van der Waals surface area contributed by atoms with Crippen molar-refractivity contribution < 1.29 is 9.34 Å². The molecule has 0 bridgehead atoms. The van der Waals surface area contributed by atoms with Crippen molar-refractivity contribution in [2.75, 3.05) is 6.54 Å². The van der Waals surface area contributed by atoms with E-state index < -0.39 is 4.92 Å². The molecule has 0 aliphatic heterocycles. The van der Waals surface area contributed by atoms with Gasteiger partial charge in [0.1, 0.15) is 11.5 Å². The van der Waals surface area contributed by atoms with Crippen molar-refractivity contribution in [2.24, 2.45) is 5.10 Å². The quantitative estimate of drug-likeness (QED) is 0.275. The van der Waals surface area contributed by atoms with Gasteiger partial charge in [0.15, 0.2) is 5.11 Å². The van der Waals surface area contributed by atoms with Gasteiger partial charge in [-0.25, -0.2) is 0 Å². The van der Waals surface area contributed by atoms with Crippen LogP contribution in [0.2, 0.25) is 0 Å². The number of aryl methyl sites for hydroxylation is 1. The molecule has 7 nitrogen and oxygen atoms in total. The average molecular weight is 344 g/mol. The molecule has 0 spiro atoms. The maximum atomic E-state index is 10.8. The molecule has 0 saturated heterocycles. The molecule has 8 heteroatoms. The number of hydrazone groups is 1. The fourth-order valence-corrected chi connectivity index (χ4v) is 2.10. The number of nitro benzene ring substituents is 1. The topological polar surface area (TPSA) is 92.7 Å². The molecule has 1 aromatic carbocycles. The second-order valence-electron chi connectivity index (χ2n) is 4.83. The molecule has 1 heterocycles. The van der Waals surface area contributed by atoms with E-state index in [4.69, 9.17) is 16.6 Å². The maximum Gasteiger partial charge on any atom is 0.269 e. The first kappa shape index (κ1) is 17.4. The highest BCUT2D eigenvalue weighted by molar-refractivity contribution is 7.80. The van der Waals surface area contributed by atoms with Crippen molar-refractivity contribution in [3.05, 3.63) is 64.4 Å². The predicted octanol–water partition coefficient (Wildman–Crippen LogP) is 3.15. The third kappa shape index (κ3) is 4.50. The van der Waals surface area contributed by atoms with Crippen LogP contribution >= 0.6 is 12.2 Å². The summed E-state index contributed by atoms with van der Waals surface area (Å²) in [4.78, 5) is 10.4. The lowest BCUT2D eigenvalue weighted by Crippen LogP contribution is -2.31. The molecule has 0 aliphatic carbocycles. The zero-order valence-corrected chi connectivity index (χ0v) is 13.8. The Balaban J connectivity index is 2.06. The molecule has 2 N–H and O–H groups in total. The molecule has 2 aromatic rings. The van der Waals surface area contributed by atoms with Gasteiger partial charge in [-0.2, -0.15) is 5.10 Å². The van der Waals surface area contributed by atoms with Crippen molar-refractivity contribution >= 4 is 29.2 Å². The summed E-state index contributed by atoms with van der Waals surface area (Å²) in [5, 5.41) is 18.0. The monoisotopic (exact) mass is 344 g/mol. The molecule has 0 radical (unpaired) electrons. The van der Waals surface area contributed by atoms with E-state index in [9.17, 15) is 10.1 Å². The number of furan rings is 1. The minimum atomic E-state index is -0.425. The summed E-state index contributed by atoms with van der Waals surface area (Å²) in [6, 6.07) is 8.16. The van der Waals surface area contributed by atoms with Gasteiger partial charge in [-0.15, -0.1) is 6.58 Å². The fraction of sp³-hybridized carbons (Fsp3) is 0.125. The lowest BCUT2D eigenvalue weighted by atomic mass is 10.1. The van der Waals surface area contributed by atoms with Gasteiger partial charge >= 0.3 is 0 Å². The van der Waals surface area contributed by atoms with Gasteiger partial charge in [0, 0.05) is 24.2 Å². The Bertz CT molecular complexity index is 798. The van der Waals surface area contributed by atoms with Crippen LogP contribution in [0.4, 0.5) is 5.69 Å². The van der Waals surface area contributed by atoms with E-state index in [1.54, 1.807) is 31.2 Å². The third-order valence-electron chi connectivity index (χ3n) is 3.08. The zero-order valence-electron chi connectivity index (χ0n) is 13.0. The van der Waals surface area contributed by atoms with E-state index in [1.165, 1.54) is 18.3 Å². The highest BCUT2D eigenvalue weighted by Crippen LogP contribution is 2.28. The van der Waals surface area contributed by atoms with Crippen LogP contribution in [0.5, 0.6) is 0 Å². The van der Waals surface area contributed by atoms with Crippen LogP contribution in [-0.2, 0) is 0 Å². The van der Waals surface area contributed by atoms with E-state index in [0.29, 0.717) is 23.2 Å². The number of hydrogen-bond acceptors (Lipinski definition) is 5. The van der Waals surface area contributed by atoms with Crippen molar-refractivity contribution in [1.82, 2.24) is 10.7 Å².